The van der Waals surface area contributed by atoms with Gasteiger partial charge in [0.1, 0.15) is 5.75 Å². The number of phenolic OH excluding ortho intramolecular Hbond substituents is 1. The standard InChI is InChI=1S/C8H9NO3.ClPS/c1-2-6-5-7(9(11)12)3-4-8(6)10;1-2-3/h3-5,10H,2H2,1H3;. The summed E-state index contributed by atoms with van der Waals surface area (Å²) < 4.78 is 0. The van der Waals surface area contributed by atoms with Crippen molar-refractivity contribution in [2.24, 2.45) is 0 Å². The van der Waals surface area contributed by atoms with Crippen LogP contribution in [0.3, 0.4) is 0 Å². The lowest BCUT2D eigenvalue weighted by molar-refractivity contribution is -0.384. The molecule has 15 heavy (non-hydrogen) atoms. The van der Waals surface area contributed by atoms with E-state index in [1.54, 1.807) is 0 Å². The number of nitrogens with zero attached hydrogens (tertiary/aromatic N) is 1. The van der Waals surface area contributed by atoms with Gasteiger partial charge in [-0.3, -0.25) is 10.1 Å². The molecule has 82 valence electrons. The maximum absolute atomic E-state index is 10.3. The number of nitro benzene ring substituents is 1. The predicted molar refractivity (Wildman–Crippen MR) is 64.3 cm³/mol. The van der Waals surface area contributed by atoms with Crippen LogP contribution < -0.4 is 0 Å². The van der Waals surface area contributed by atoms with Crippen LogP contribution in [0.2, 0.25) is 0 Å². The summed E-state index contributed by atoms with van der Waals surface area (Å²) in [5.41, 5.74) is 0.619. The van der Waals surface area contributed by atoms with Crippen LogP contribution in [0.4, 0.5) is 5.69 Å². The molecule has 0 aromatic heterocycles. The monoisotopic (exact) mass is 265 g/mol. The van der Waals surface area contributed by atoms with Crippen molar-refractivity contribution in [3.63, 3.8) is 0 Å². The van der Waals surface area contributed by atoms with Crippen molar-refractivity contribution in [1.29, 1.82) is 0 Å². The smallest absolute Gasteiger partial charge is 0.269 e. The van der Waals surface area contributed by atoms with Gasteiger partial charge in [0, 0.05) is 17.7 Å². The number of hydrogen-bond acceptors (Lipinski definition) is 4. The Kier molecular flexibility index (Phi) is 7.13. The van der Waals surface area contributed by atoms with E-state index >= 15 is 0 Å². The molecular formula is C8H9ClNO3PS. The van der Waals surface area contributed by atoms with Gasteiger partial charge in [0.15, 0.2) is 0 Å². The molecule has 0 aliphatic carbocycles. The fourth-order valence-electron chi connectivity index (χ4n) is 0.969. The van der Waals surface area contributed by atoms with Gasteiger partial charge in [-0.1, -0.05) is 6.92 Å². The van der Waals surface area contributed by atoms with Gasteiger partial charge < -0.3 is 5.11 Å². The summed E-state index contributed by atoms with van der Waals surface area (Å²) in [5, 5.41) is 19.5. The van der Waals surface area contributed by atoms with Crippen molar-refractivity contribution in [2.75, 3.05) is 0 Å². The average molecular weight is 266 g/mol. The summed E-state index contributed by atoms with van der Waals surface area (Å²) in [4.78, 5) is 9.83. The van der Waals surface area contributed by atoms with Crippen molar-refractivity contribution in [3.05, 3.63) is 33.9 Å². The molecule has 0 unspecified atom stereocenters. The highest BCUT2D eigenvalue weighted by Crippen LogP contribution is 2.22. The molecule has 0 fully saturated rings. The van der Waals surface area contributed by atoms with Crippen LogP contribution in [0.5, 0.6) is 5.75 Å². The first kappa shape index (κ1) is 14.2. The van der Waals surface area contributed by atoms with Crippen LogP contribution in [0.15, 0.2) is 18.2 Å². The first-order chi connectivity index (χ1) is 7.06. The molecule has 0 saturated heterocycles. The summed E-state index contributed by atoms with van der Waals surface area (Å²) in [6.07, 6.45) is 0.591. The summed E-state index contributed by atoms with van der Waals surface area (Å²) >= 11 is 8.92. The molecule has 0 atom stereocenters. The third kappa shape index (κ3) is 5.02. The van der Waals surface area contributed by atoms with E-state index in [2.05, 4.69) is 11.8 Å². The minimum Gasteiger partial charge on any atom is -0.508 e. The quantitative estimate of drug-likeness (QED) is 0.506. The number of aromatic hydroxyl groups is 1. The largest absolute Gasteiger partial charge is 0.508 e. The van der Waals surface area contributed by atoms with E-state index in [-0.39, 0.29) is 11.4 Å². The first-order valence-corrected chi connectivity index (χ1v) is 6.78. The zero-order chi connectivity index (χ0) is 11.8. The number of phenols is 1. The minimum atomic E-state index is -0.474. The molecule has 1 rings (SSSR count). The molecule has 4 nitrogen and oxygen atoms in total. The Morgan fingerprint density at radius 3 is 2.60 bits per heavy atom. The van der Waals surface area contributed by atoms with Crippen molar-refractivity contribution in [1.82, 2.24) is 0 Å². The van der Waals surface area contributed by atoms with Crippen LogP contribution in [0, 0.1) is 10.1 Å². The van der Waals surface area contributed by atoms with Crippen LogP contribution in [0.1, 0.15) is 12.5 Å². The van der Waals surface area contributed by atoms with Crippen molar-refractivity contribution in [2.45, 2.75) is 13.3 Å². The number of non-ortho nitro benzene ring substituents is 1. The van der Waals surface area contributed by atoms with Gasteiger partial charge in [-0.25, -0.2) is 0 Å². The maximum Gasteiger partial charge on any atom is 0.269 e. The lowest BCUT2D eigenvalue weighted by atomic mass is 10.1. The third-order valence-electron chi connectivity index (χ3n) is 1.65. The fraction of sp³-hybridized carbons (Fsp3) is 0.250. The lowest BCUT2D eigenvalue weighted by Gasteiger charge is -1.99. The molecule has 0 heterocycles. The summed E-state index contributed by atoms with van der Waals surface area (Å²) in [7, 11) is 0. The van der Waals surface area contributed by atoms with Crippen LogP contribution in [-0.2, 0) is 18.2 Å². The van der Waals surface area contributed by atoms with E-state index in [9.17, 15) is 15.2 Å². The van der Waals surface area contributed by atoms with Gasteiger partial charge in [-0.2, -0.15) is 0 Å². The Balaban J connectivity index is 0.000000583. The molecule has 7 heteroatoms. The molecule has 0 radical (unpaired) electrons. The Morgan fingerprint density at radius 2 is 2.20 bits per heavy atom. The highest BCUT2D eigenvalue weighted by Gasteiger charge is 2.07. The van der Waals surface area contributed by atoms with Gasteiger partial charge in [0.25, 0.3) is 5.69 Å². The van der Waals surface area contributed by atoms with Crippen molar-refractivity contribution in [3.8, 4) is 5.75 Å². The van der Waals surface area contributed by atoms with Crippen LogP contribution in [0.25, 0.3) is 0 Å². The number of hydrogen-bond donors (Lipinski definition) is 1. The SMILES string of the molecule is CCc1cc([N+](=O)[O-])ccc1O.S=PCl. The molecule has 0 saturated carbocycles. The topological polar surface area (TPSA) is 63.4 Å². The molecule has 0 spiro atoms. The molecule has 1 N–H and O–H groups in total. The third-order valence-corrected chi connectivity index (χ3v) is 1.65. The van der Waals surface area contributed by atoms with E-state index < -0.39 is 4.92 Å². The van der Waals surface area contributed by atoms with Crippen molar-refractivity contribution >= 4 is 35.4 Å². The molecule has 1 aromatic rings. The van der Waals surface area contributed by atoms with E-state index in [4.69, 9.17) is 11.2 Å². The Morgan fingerprint density at radius 1 is 1.67 bits per heavy atom. The number of halogens is 1. The highest BCUT2D eigenvalue weighted by atomic mass is 35.7. The molecular weight excluding hydrogens is 257 g/mol. The van der Waals surface area contributed by atoms with Gasteiger partial charge >= 0.3 is 0 Å². The number of rotatable bonds is 2. The van der Waals surface area contributed by atoms with E-state index in [0.717, 1.165) is 0 Å². The molecule has 0 amide bonds. The summed E-state index contributed by atoms with van der Waals surface area (Å²) in [6.45, 7) is 2.30. The second kappa shape index (κ2) is 7.51. The Labute approximate surface area is 98.7 Å². The van der Waals surface area contributed by atoms with Crippen molar-refractivity contribution < 1.29 is 10.0 Å². The van der Waals surface area contributed by atoms with Gasteiger partial charge in [-0.15, -0.1) is 0 Å². The molecule has 0 bridgehead atoms. The molecule has 1 aromatic carbocycles. The summed E-state index contributed by atoms with van der Waals surface area (Å²) in [5.74, 6) is 0.114. The number of benzene rings is 1. The normalized spacial score (nSPS) is 9.20. The zero-order valence-electron chi connectivity index (χ0n) is 7.88. The Hall–Kier alpha value is -0.770. The van der Waals surface area contributed by atoms with Gasteiger partial charge in [-0.05, 0) is 35.5 Å². The zero-order valence-corrected chi connectivity index (χ0v) is 10.4. The number of aryl methyl sites for hydroxylation is 1. The van der Waals surface area contributed by atoms with Gasteiger partial charge in [0.05, 0.1) is 11.6 Å². The summed E-state index contributed by atoms with van der Waals surface area (Å²) in [6, 6.07) is 4.01. The maximum atomic E-state index is 10.3. The Bertz CT molecular complexity index is 362. The fourth-order valence-corrected chi connectivity index (χ4v) is 0.969. The first-order valence-electron chi connectivity index (χ1n) is 3.96. The second-order valence-electron chi connectivity index (χ2n) is 2.49. The average Bonchev–Trinajstić information content (AvgIpc) is 2.19. The predicted octanol–water partition coefficient (Wildman–Crippen LogP) is 3.41. The molecule has 0 aliphatic rings. The van der Waals surface area contributed by atoms with Crippen LogP contribution in [-0.4, -0.2) is 10.0 Å². The van der Waals surface area contributed by atoms with E-state index in [0.29, 0.717) is 18.7 Å². The lowest BCUT2D eigenvalue weighted by Crippen LogP contribution is -1.89. The second-order valence-corrected chi connectivity index (χ2v) is 4.29. The highest BCUT2D eigenvalue weighted by molar-refractivity contribution is 8.08. The van der Waals surface area contributed by atoms with E-state index in [1.165, 1.54) is 18.2 Å². The number of nitro groups is 1. The van der Waals surface area contributed by atoms with Crippen LogP contribution >= 0.6 is 17.9 Å². The molecule has 0 aliphatic heterocycles. The minimum absolute atomic E-state index is 0.0182. The van der Waals surface area contributed by atoms with Gasteiger partial charge in [0.2, 0.25) is 0 Å². The van der Waals surface area contributed by atoms with E-state index in [1.807, 2.05) is 6.92 Å².